The van der Waals surface area contributed by atoms with Crippen molar-refractivity contribution in [3.63, 3.8) is 0 Å². The third kappa shape index (κ3) is 4.72. The number of benzene rings is 2. The number of halogens is 3. The summed E-state index contributed by atoms with van der Waals surface area (Å²) in [4.78, 5) is 26.6. The van der Waals surface area contributed by atoms with Gasteiger partial charge in [-0.25, -0.2) is 5.01 Å². The van der Waals surface area contributed by atoms with E-state index in [-0.39, 0.29) is 17.2 Å². The highest BCUT2D eigenvalue weighted by atomic mass is 19.4. The van der Waals surface area contributed by atoms with Crippen LogP contribution in [0.5, 0.6) is 0 Å². The first-order chi connectivity index (χ1) is 15.2. The number of hydrazine groups is 1. The molecule has 0 bridgehead atoms. The van der Waals surface area contributed by atoms with Crippen LogP contribution in [0.15, 0.2) is 36.4 Å². The molecule has 2 amide bonds. The summed E-state index contributed by atoms with van der Waals surface area (Å²) >= 11 is 0. The molecule has 1 fully saturated rings. The molecule has 1 saturated heterocycles. The minimum Gasteiger partial charge on any atom is -0.322 e. The molecule has 2 aliphatic heterocycles. The van der Waals surface area contributed by atoms with Crippen LogP contribution in [0.3, 0.4) is 0 Å². The van der Waals surface area contributed by atoms with Crippen molar-refractivity contribution in [2.24, 2.45) is 0 Å². The molecule has 0 aliphatic carbocycles. The molecule has 2 aromatic carbocycles. The zero-order valence-electron chi connectivity index (χ0n) is 17.8. The van der Waals surface area contributed by atoms with Gasteiger partial charge < -0.3 is 15.6 Å². The van der Waals surface area contributed by atoms with E-state index >= 15 is 0 Å². The summed E-state index contributed by atoms with van der Waals surface area (Å²) in [5.41, 5.74) is 4.62. The molecule has 2 N–H and O–H groups in total. The fourth-order valence-electron chi connectivity index (χ4n) is 4.09. The number of nitrogens with one attached hydrogen (secondary N) is 2. The monoisotopic (exact) mass is 446 g/mol. The Hall–Kier alpha value is -3.07. The lowest BCUT2D eigenvalue weighted by Crippen LogP contribution is -2.35. The summed E-state index contributed by atoms with van der Waals surface area (Å²) in [6.07, 6.45) is -0.488. The second-order valence-electron chi connectivity index (χ2n) is 8.17. The van der Waals surface area contributed by atoms with Gasteiger partial charge in [0.1, 0.15) is 0 Å². The standard InChI is InChI=1S/C23H25F3N4O2/c1-29-20-14-17(8-5-15(20)6-10-21(29)31)27-22(32)18-9-7-16(23(24,25)26)13-19(18)28-30-11-3-2-4-12-30/h5,7-9,13-14,28H,2-4,6,10-12H2,1H3,(H,27,32). The van der Waals surface area contributed by atoms with Gasteiger partial charge in [0.2, 0.25) is 5.91 Å². The van der Waals surface area contributed by atoms with Crippen molar-refractivity contribution in [2.45, 2.75) is 38.3 Å². The largest absolute Gasteiger partial charge is 0.416 e. The number of alkyl halides is 3. The Labute approximate surface area is 184 Å². The summed E-state index contributed by atoms with van der Waals surface area (Å²) in [6.45, 7) is 1.39. The number of rotatable bonds is 4. The van der Waals surface area contributed by atoms with Crippen LogP contribution in [0.2, 0.25) is 0 Å². The Bertz CT molecular complexity index is 1030. The van der Waals surface area contributed by atoms with Gasteiger partial charge in [-0.15, -0.1) is 0 Å². The summed E-state index contributed by atoms with van der Waals surface area (Å²) < 4.78 is 39.8. The predicted octanol–water partition coefficient (Wildman–Crippen LogP) is 4.68. The molecule has 32 heavy (non-hydrogen) atoms. The van der Waals surface area contributed by atoms with Crippen LogP contribution < -0.4 is 15.6 Å². The fraction of sp³-hybridized carbons (Fsp3) is 0.391. The normalized spacial score (nSPS) is 17.1. The first-order valence-electron chi connectivity index (χ1n) is 10.7. The van der Waals surface area contributed by atoms with Crippen LogP contribution in [0, 0.1) is 0 Å². The highest BCUT2D eigenvalue weighted by molar-refractivity contribution is 6.08. The number of piperidine rings is 1. The molecule has 0 spiro atoms. The van der Waals surface area contributed by atoms with Gasteiger partial charge in [-0.3, -0.25) is 9.59 Å². The van der Waals surface area contributed by atoms with E-state index in [1.54, 1.807) is 24.1 Å². The lowest BCUT2D eigenvalue weighted by Gasteiger charge is -2.29. The number of amides is 2. The van der Waals surface area contributed by atoms with Crippen molar-refractivity contribution < 1.29 is 22.8 Å². The molecule has 0 saturated carbocycles. The average molecular weight is 446 g/mol. The van der Waals surface area contributed by atoms with E-state index in [1.807, 2.05) is 11.1 Å². The Morgan fingerprint density at radius 3 is 2.47 bits per heavy atom. The first kappa shape index (κ1) is 22.1. The van der Waals surface area contributed by atoms with Gasteiger partial charge in [0.25, 0.3) is 5.91 Å². The molecule has 0 aromatic heterocycles. The molecule has 9 heteroatoms. The molecule has 2 heterocycles. The predicted molar refractivity (Wildman–Crippen MR) is 117 cm³/mol. The maximum absolute atomic E-state index is 13.3. The fourth-order valence-corrected chi connectivity index (χ4v) is 4.09. The second kappa shape index (κ2) is 8.82. The second-order valence-corrected chi connectivity index (χ2v) is 8.17. The Morgan fingerprint density at radius 1 is 1.00 bits per heavy atom. The molecule has 0 radical (unpaired) electrons. The number of fused-ring (bicyclic) bond motifs is 1. The maximum atomic E-state index is 13.3. The van der Waals surface area contributed by atoms with Crippen molar-refractivity contribution in [1.29, 1.82) is 0 Å². The number of hydrogen-bond acceptors (Lipinski definition) is 4. The van der Waals surface area contributed by atoms with Crippen LogP contribution >= 0.6 is 0 Å². The summed E-state index contributed by atoms with van der Waals surface area (Å²) in [6, 6.07) is 8.39. The van der Waals surface area contributed by atoms with E-state index < -0.39 is 17.6 Å². The first-order valence-corrected chi connectivity index (χ1v) is 10.7. The van der Waals surface area contributed by atoms with Crippen LogP contribution in [-0.2, 0) is 17.4 Å². The van der Waals surface area contributed by atoms with Crippen molar-refractivity contribution in [3.8, 4) is 0 Å². The number of aryl methyl sites for hydroxylation is 1. The molecular weight excluding hydrogens is 421 g/mol. The lowest BCUT2D eigenvalue weighted by molar-refractivity contribution is -0.137. The van der Waals surface area contributed by atoms with Crippen molar-refractivity contribution in [3.05, 3.63) is 53.1 Å². The highest BCUT2D eigenvalue weighted by Crippen LogP contribution is 2.34. The number of carbonyl (C=O) groups is 2. The van der Waals surface area contributed by atoms with Gasteiger partial charge in [-0.05, 0) is 55.2 Å². The smallest absolute Gasteiger partial charge is 0.322 e. The molecule has 2 aliphatic rings. The van der Waals surface area contributed by atoms with Gasteiger partial charge in [0.05, 0.1) is 16.8 Å². The number of anilines is 3. The number of carbonyl (C=O) groups excluding carboxylic acids is 2. The van der Waals surface area contributed by atoms with Crippen LogP contribution in [0.1, 0.15) is 47.2 Å². The van der Waals surface area contributed by atoms with Gasteiger partial charge in [-0.1, -0.05) is 12.5 Å². The third-order valence-corrected chi connectivity index (χ3v) is 5.91. The number of hydrogen-bond donors (Lipinski definition) is 2. The third-order valence-electron chi connectivity index (χ3n) is 5.91. The maximum Gasteiger partial charge on any atom is 0.416 e. The van der Waals surface area contributed by atoms with E-state index in [2.05, 4.69) is 10.7 Å². The zero-order chi connectivity index (χ0) is 22.9. The summed E-state index contributed by atoms with van der Waals surface area (Å²) in [5, 5.41) is 4.61. The molecule has 170 valence electrons. The number of nitrogens with zero attached hydrogens (tertiary/aromatic N) is 2. The van der Waals surface area contributed by atoms with Crippen molar-refractivity contribution in [2.75, 3.05) is 35.8 Å². The van der Waals surface area contributed by atoms with Gasteiger partial charge in [0.15, 0.2) is 0 Å². The van der Waals surface area contributed by atoms with Gasteiger partial charge in [-0.2, -0.15) is 13.2 Å². The van der Waals surface area contributed by atoms with E-state index in [0.29, 0.717) is 31.6 Å². The molecule has 4 rings (SSSR count). The molecule has 2 aromatic rings. The molecule has 0 unspecified atom stereocenters. The topological polar surface area (TPSA) is 64.7 Å². The zero-order valence-corrected chi connectivity index (χ0v) is 17.8. The Morgan fingerprint density at radius 2 is 1.75 bits per heavy atom. The minimum atomic E-state index is -4.51. The SMILES string of the molecule is CN1C(=O)CCc2ccc(NC(=O)c3ccc(C(F)(F)F)cc3NN3CCCCC3)cc21. The van der Waals surface area contributed by atoms with Crippen LogP contribution in [0.4, 0.5) is 30.2 Å². The van der Waals surface area contributed by atoms with Gasteiger partial charge >= 0.3 is 6.18 Å². The van der Waals surface area contributed by atoms with E-state index in [1.165, 1.54) is 6.07 Å². The Kier molecular flexibility index (Phi) is 6.10. The Balaban J connectivity index is 1.60. The summed E-state index contributed by atoms with van der Waals surface area (Å²) in [5.74, 6) is -0.528. The highest BCUT2D eigenvalue weighted by Gasteiger charge is 2.32. The quantitative estimate of drug-likeness (QED) is 0.716. The molecule has 6 nitrogen and oxygen atoms in total. The average Bonchev–Trinajstić information content (AvgIpc) is 2.76. The van der Waals surface area contributed by atoms with Crippen molar-refractivity contribution >= 4 is 28.9 Å². The van der Waals surface area contributed by atoms with Gasteiger partial charge in [0, 0.05) is 37.9 Å². The van der Waals surface area contributed by atoms with E-state index in [4.69, 9.17) is 0 Å². The molecular formula is C23H25F3N4O2. The minimum absolute atomic E-state index is 0.00302. The summed E-state index contributed by atoms with van der Waals surface area (Å²) in [7, 11) is 1.68. The van der Waals surface area contributed by atoms with Crippen molar-refractivity contribution in [1.82, 2.24) is 5.01 Å². The lowest BCUT2D eigenvalue weighted by atomic mass is 10.0. The van der Waals surface area contributed by atoms with E-state index in [0.717, 1.165) is 42.6 Å². The van der Waals surface area contributed by atoms with Crippen LogP contribution in [0.25, 0.3) is 0 Å². The molecule has 0 atom stereocenters. The van der Waals surface area contributed by atoms with E-state index in [9.17, 15) is 22.8 Å². The van der Waals surface area contributed by atoms with Crippen LogP contribution in [-0.4, -0.2) is 37.0 Å².